The Morgan fingerprint density at radius 3 is 2.54 bits per heavy atom. The highest BCUT2D eigenvalue weighted by atomic mass is 19.1. The number of furan rings is 1. The summed E-state index contributed by atoms with van der Waals surface area (Å²) in [6.07, 6.45) is 0.468. The number of carbonyl (C=O) groups excluding carboxylic acids is 2. The van der Waals surface area contributed by atoms with E-state index in [0.29, 0.717) is 35.9 Å². The highest BCUT2D eigenvalue weighted by molar-refractivity contribution is 6.07. The van der Waals surface area contributed by atoms with Crippen LogP contribution in [0.25, 0.3) is 0 Å². The molecular weight excluding hydrogens is 339 g/mol. The van der Waals surface area contributed by atoms with Crippen LogP contribution in [0.3, 0.4) is 0 Å². The first-order chi connectivity index (χ1) is 12.3. The van der Waals surface area contributed by atoms with Crippen LogP contribution in [0.5, 0.6) is 5.75 Å². The van der Waals surface area contributed by atoms with Crippen LogP contribution in [0.2, 0.25) is 0 Å². The van der Waals surface area contributed by atoms with Gasteiger partial charge in [-0.25, -0.2) is 9.18 Å². The van der Waals surface area contributed by atoms with Gasteiger partial charge in [0.05, 0.1) is 6.61 Å². The lowest BCUT2D eigenvalue weighted by Crippen LogP contribution is -2.41. The minimum atomic E-state index is -1.13. The van der Waals surface area contributed by atoms with Gasteiger partial charge >= 0.3 is 6.03 Å². The number of hydrogen-bond donors (Lipinski definition) is 1. The van der Waals surface area contributed by atoms with Gasteiger partial charge < -0.3 is 14.5 Å². The fourth-order valence-electron chi connectivity index (χ4n) is 3.15. The van der Waals surface area contributed by atoms with Gasteiger partial charge in [-0.15, -0.1) is 0 Å². The van der Waals surface area contributed by atoms with Crippen molar-refractivity contribution in [1.29, 1.82) is 0 Å². The second-order valence-electron chi connectivity index (χ2n) is 6.49. The van der Waals surface area contributed by atoms with Crippen molar-refractivity contribution in [1.82, 2.24) is 10.2 Å². The van der Waals surface area contributed by atoms with Crippen LogP contribution in [0.15, 0.2) is 34.7 Å². The van der Waals surface area contributed by atoms with Gasteiger partial charge in [-0.3, -0.25) is 9.69 Å². The van der Waals surface area contributed by atoms with Crippen molar-refractivity contribution in [3.63, 3.8) is 0 Å². The maximum absolute atomic E-state index is 12.9. The van der Waals surface area contributed by atoms with E-state index in [4.69, 9.17) is 9.15 Å². The summed E-state index contributed by atoms with van der Waals surface area (Å²) >= 11 is 0. The van der Waals surface area contributed by atoms with E-state index < -0.39 is 11.6 Å². The molecule has 0 bridgehead atoms. The molecular formula is C19H21FN2O4. The van der Waals surface area contributed by atoms with E-state index in [2.05, 4.69) is 5.32 Å². The Kier molecular flexibility index (Phi) is 4.71. The van der Waals surface area contributed by atoms with Gasteiger partial charge in [0.1, 0.15) is 28.6 Å². The number of rotatable bonds is 6. The third-order valence-electron chi connectivity index (χ3n) is 4.46. The van der Waals surface area contributed by atoms with Crippen LogP contribution in [-0.2, 0) is 10.3 Å². The molecule has 1 aliphatic heterocycles. The van der Waals surface area contributed by atoms with Gasteiger partial charge in [0.15, 0.2) is 0 Å². The zero-order valence-corrected chi connectivity index (χ0v) is 15.0. The summed E-state index contributed by atoms with van der Waals surface area (Å²) in [6.45, 7) is 5.79. The summed E-state index contributed by atoms with van der Waals surface area (Å²) in [5, 5.41) is 2.76. The molecule has 1 fully saturated rings. The fraction of sp³-hybridized carbons (Fsp3) is 0.368. The van der Waals surface area contributed by atoms with Gasteiger partial charge in [-0.2, -0.15) is 0 Å². The maximum atomic E-state index is 12.9. The van der Waals surface area contributed by atoms with E-state index in [1.165, 1.54) is 29.2 Å². The molecule has 26 heavy (non-hydrogen) atoms. The van der Waals surface area contributed by atoms with Gasteiger partial charge in [-0.1, -0.05) is 0 Å². The third-order valence-corrected chi connectivity index (χ3v) is 4.46. The number of benzene rings is 1. The van der Waals surface area contributed by atoms with Crippen molar-refractivity contribution in [2.24, 2.45) is 0 Å². The number of imide groups is 1. The van der Waals surface area contributed by atoms with E-state index in [0.717, 1.165) is 0 Å². The number of urea groups is 1. The number of nitrogens with zero attached hydrogens (tertiary/aromatic N) is 1. The number of ether oxygens (including phenoxy) is 1. The highest BCUT2D eigenvalue weighted by Gasteiger charge is 2.50. The standard InChI is InChI=1S/C19H21FN2O4/c1-12-11-16(13(2)26-12)19(3)17(23)22(18(24)21-19)9-4-10-25-15-7-5-14(20)6-8-15/h5-8,11H,4,9-10H2,1-3H3,(H,21,24)/t19-/m1/s1. The summed E-state index contributed by atoms with van der Waals surface area (Å²) in [7, 11) is 0. The molecule has 0 radical (unpaired) electrons. The van der Waals surface area contributed by atoms with Crippen LogP contribution >= 0.6 is 0 Å². The smallest absolute Gasteiger partial charge is 0.325 e. The molecule has 1 atom stereocenters. The van der Waals surface area contributed by atoms with Crippen LogP contribution in [-0.4, -0.2) is 30.0 Å². The molecule has 1 aliphatic rings. The van der Waals surface area contributed by atoms with Gasteiger partial charge in [0.25, 0.3) is 5.91 Å². The van der Waals surface area contributed by atoms with Crippen molar-refractivity contribution >= 4 is 11.9 Å². The minimum Gasteiger partial charge on any atom is -0.494 e. The zero-order chi connectivity index (χ0) is 18.9. The first-order valence-electron chi connectivity index (χ1n) is 8.41. The zero-order valence-electron chi connectivity index (χ0n) is 15.0. The van der Waals surface area contributed by atoms with E-state index in [1.54, 1.807) is 26.8 Å². The van der Waals surface area contributed by atoms with Crippen LogP contribution in [0.4, 0.5) is 9.18 Å². The topological polar surface area (TPSA) is 71.8 Å². The maximum Gasteiger partial charge on any atom is 0.325 e. The lowest BCUT2D eigenvalue weighted by molar-refractivity contribution is -0.131. The van der Waals surface area contributed by atoms with Crippen molar-refractivity contribution < 1.29 is 23.1 Å². The molecule has 0 spiro atoms. The van der Waals surface area contributed by atoms with E-state index in [-0.39, 0.29) is 18.3 Å². The molecule has 1 N–H and O–H groups in total. The normalized spacial score (nSPS) is 19.8. The van der Waals surface area contributed by atoms with Crippen LogP contribution in [0, 0.1) is 19.7 Å². The Balaban J connectivity index is 1.60. The molecule has 7 heteroatoms. The molecule has 138 valence electrons. The lowest BCUT2D eigenvalue weighted by Gasteiger charge is -2.21. The van der Waals surface area contributed by atoms with Crippen LogP contribution in [0.1, 0.15) is 30.4 Å². The summed E-state index contributed by atoms with van der Waals surface area (Å²) in [5.41, 5.74) is -0.463. The third kappa shape index (κ3) is 3.29. The van der Waals surface area contributed by atoms with Gasteiger partial charge in [-0.05, 0) is 57.5 Å². The van der Waals surface area contributed by atoms with Crippen LogP contribution < -0.4 is 10.1 Å². The van der Waals surface area contributed by atoms with Crippen molar-refractivity contribution in [2.75, 3.05) is 13.2 Å². The summed E-state index contributed by atoms with van der Waals surface area (Å²) in [5.74, 6) is 1.19. The first kappa shape index (κ1) is 18.0. The molecule has 1 aromatic heterocycles. The largest absolute Gasteiger partial charge is 0.494 e. The second kappa shape index (κ2) is 6.82. The quantitative estimate of drug-likeness (QED) is 0.634. The van der Waals surface area contributed by atoms with Crippen molar-refractivity contribution in [3.8, 4) is 5.75 Å². The molecule has 0 saturated carbocycles. The van der Waals surface area contributed by atoms with Crippen molar-refractivity contribution in [2.45, 2.75) is 32.7 Å². The SMILES string of the molecule is Cc1cc([C@@]2(C)NC(=O)N(CCCOc3ccc(F)cc3)C2=O)c(C)o1. The lowest BCUT2D eigenvalue weighted by atomic mass is 9.92. The monoisotopic (exact) mass is 360 g/mol. The highest BCUT2D eigenvalue weighted by Crippen LogP contribution is 2.32. The Morgan fingerprint density at radius 2 is 1.92 bits per heavy atom. The van der Waals surface area contributed by atoms with Gasteiger partial charge in [0.2, 0.25) is 0 Å². The molecule has 1 aromatic carbocycles. The molecule has 0 aliphatic carbocycles. The number of carbonyl (C=O) groups is 2. The molecule has 2 aromatic rings. The molecule has 3 rings (SSSR count). The van der Waals surface area contributed by atoms with E-state index >= 15 is 0 Å². The Morgan fingerprint density at radius 1 is 1.23 bits per heavy atom. The first-order valence-corrected chi connectivity index (χ1v) is 8.41. The predicted molar refractivity (Wildman–Crippen MR) is 92.3 cm³/mol. The summed E-state index contributed by atoms with van der Waals surface area (Å²) in [4.78, 5) is 26.3. The Hall–Kier alpha value is -2.83. The molecule has 0 unspecified atom stereocenters. The number of nitrogens with one attached hydrogen (secondary N) is 1. The van der Waals surface area contributed by atoms with Crippen molar-refractivity contribution in [3.05, 3.63) is 53.2 Å². The molecule has 3 amide bonds. The number of aryl methyl sites for hydroxylation is 2. The predicted octanol–water partition coefficient (Wildman–Crippen LogP) is 3.27. The van der Waals surface area contributed by atoms with E-state index in [9.17, 15) is 14.0 Å². The Labute approximate surface area is 150 Å². The number of amides is 3. The average Bonchev–Trinajstić information content (AvgIpc) is 3.04. The average molecular weight is 360 g/mol. The Bertz CT molecular complexity index is 831. The number of halogens is 1. The minimum absolute atomic E-state index is 0.233. The summed E-state index contributed by atoms with van der Waals surface area (Å²) < 4.78 is 23.9. The summed E-state index contributed by atoms with van der Waals surface area (Å²) in [6, 6.07) is 7.03. The number of hydrogen-bond acceptors (Lipinski definition) is 4. The van der Waals surface area contributed by atoms with Gasteiger partial charge in [0, 0.05) is 12.1 Å². The molecule has 2 heterocycles. The fourth-order valence-corrected chi connectivity index (χ4v) is 3.15. The van der Waals surface area contributed by atoms with E-state index in [1.807, 2.05) is 0 Å². The molecule has 1 saturated heterocycles. The second-order valence-corrected chi connectivity index (χ2v) is 6.49. The molecule has 6 nitrogen and oxygen atoms in total.